The third kappa shape index (κ3) is 5.16. The molecule has 130 valence electrons. The number of nitrogens with zero attached hydrogens (tertiary/aromatic N) is 2. The molecule has 22 heavy (non-hydrogen) atoms. The zero-order valence-corrected chi connectivity index (χ0v) is 14.9. The number of sulfonamides is 1. The maximum absolute atomic E-state index is 12.1. The van der Waals surface area contributed by atoms with Gasteiger partial charge in [-0.15, -0.1) is 0 Å². The summed E-state index contributed by atoms with van der Waals surface area (Å²) in [5.41, 5.74) is 0. The number of likely N-dealkylation sites (tertiary alicyclic amines) is 1. The molecule has 0 amide bonds. The number of nitrogens with one attached hydrogen (secondary N) is 1. The van der Waals surface area contributed by atoms with E-state index in [1.165, 1.54) is 0 Å². The summed E-state index contributed by atoms with van der Waals surface area (Å²) in [7, 11) is 0.943. The molecule has 0 radical (unpaired) electrons. The van der Waals surface area contributed by atoms with E-state index in [-0.39, 0.29) is 11.8 Å². The van der Waals surface area contributed by atoms with E-state index in [1.54, 1.807) is 0 Å². The quantitative estimate of drug-likeness (QED) is 0.729. The second kappa shape index (κ2) is 8.06. The fraction of sp³-hybridized carbons (Fsp3) is 1.00. The lowest BCUT2D eigenvalue weighted by Gasteiger charge is -2.31. The van der Waals surface area contributed by atoms with Crippen molar-refractivity contribution in [2.45, 2.75) is 38.3 Å². The molecule has 0 bridgehead atoms. The largest absolute Gasteiger partial charge is 0.381 e. The van der Waals surface area contributed by atoms with E-state index < -0.39 is 10.0 Å². The average Bonchev–Trinajstić information content (AvgIpc) is 2.81. The van der Waals surface area contributed by atoms with Crippen LogP contribution in [0, 0.1) is 5.92 Å². The fourth-order valence-electron chi connectivity index (χ4n) is 3.60. The minimum atomic E-state index is -3.16. The van der Waals surface area contributed by atoms with E-state index in [4.69, 9.17) is 4.74 Å². The molecule has 0 aliphatic carbocycles. The van der Waals surface area contributed by atoms with Gasteiger partial charge in [-0.3, -0.25) is 4.90 Å². The molecule has 0 aromatic rings. The molecular weight excluding hydrogens is 302 g/mol. The third-order valence-corrected chi connectivity index (χ3v) is 6.19. The molecule has 0 spiro atoms. The lowest BCUT2D eigenvalue weighted by atomic mass is 10.0. The van der Waals surface area contributed by atoms with Crippen LogP contribution >= 0.6 is 0 Å². The van der Waals surface area contributed by atoms with Crippen molar-refractivity contribution in [2.24, 2.45) is 5.92 Å². The van der Waals surface area contributed by atoms with Crippen molar-refractivity contribution in [1.29, 1.82) is 0 Å². The molecule has 6 nitrogen and oxygen atoms in total. The highest BCUT2D eigenvalue weighted by molar-refractivity contribution is 7.89. The van der Waals surface area contributed by atoms with Gasteiger partial charge in [-0.1, -0.05) is 6.92 Å². The highest BCUT2D eigenvalue weighted by Crippen LogP contribution is 2.25. The molecule has 7 heteroatoms. The molecule has 2 aliphatic rings. The van der Waals surface area contributed by atoms with Crippen LogP contribution in [0.3, 0.4) is 0 Å². The normalized spacial score (nSPS) is 28.5. The van der Waals surface area contributed by atoms with Gasteiger partial charge in [-0.25, -0.2) is 13.1 Å². The van der Waals surface area contributed by atoms with Crippen molar-refractivity contribution in [3.05, 3.63) is 0 Å². The van der Waals surface area contributed by atoms with Gasteiger partial charge in [0.25, 0.3) is 0 Å². The molecule has 1 N–H and O–H groups in total. The third-order valence-electron chi connectivity index (χ3n) is 4.58. The van der Waals surface area contributed by atoms with E-state index in [9.17, 15) is 8.42 Å². The summed E-state index contributed by atoms with van der Waals surface area (Å²) in [4.78, 5) is 4.62. The van der Waals surface area contributed by atoms with Crippen LogP contribution in [-0.4, -0.2) is 83.0 Å². The van der Waals surface area contributed by atoms with Crippen molar-refractivity contribution in [1.82, 2.24) is 14.5 Å². The smallest absolute Gasteiger partial charge is 0.211 e. The Morgan fingerprint density at radius 1 is 1.23 bits per heavy atom. The van der Waals surface area contributed by atoms with Crippen molar-refractivity contribution in [2.75, 3.05) is 52.7 Å². The Balaban J connectivity index is 2.01. The Labute approximate surface area is 135 Å². The molecule has 2 saturated heterocycles. The van der Waals surface area contributed by atoms with Crippen LogP contribution in [0.15, 0.2) is 0 Å². The Bertz CT molecular complexity index is 435. The van der Waals surface area contributed by atoms with Gasteiger partial charge in [0, 0.05) is 50.8 Å². The van der Waals surface area contributed by atoms with Crippen LogP contribution in [0.1, 0.15) is 26.2 Å². The molecule has 0 saturated carbocycles. The Morgan fingerprint density at radius 3 is 2.50 bits per heavy atom. The molecule has 2 aliphatic heterocycles. The topological polar surface area (TPSA) is 61.9 Å². The van der Waals surface area contributed by atoms with Crippen molar-refractivity contribution in [3.63, 3.8) is 0 Å². The van der Waals surface area contributed by atoms with Gasteiger partial charge in [0.05, 0.1) is 5.75 Å². The monoisotopic (exact) mass is 333 g/mol. The fourth-order valence-corrected chi connectivity index (χ4v) is 4.98. The van der Waals surface area contributed by atoms with Gasteiger partial charge in [-0.2, -0.15) is 0 Å². The van der Waals surface area contributed by atoms with Gasteiger partial charge in [0.15, 0.2) is 0 Å². The number of ether oxygens (including phenoxy) is 1. The summed E-state index contributed by atoms with van der Waals surface area (Å²) in [6.07, 6.45) is 2.77. The minimum Gasteiger partial charge on any atom is -0.381 e. The highest BCUT2D eigenvalue weighted by atomic mass is 32.2. The summed E-state index contributed by atoms with van der Waals surface area (Å²) < 4.78 is 32.7. The predicted molar refractivity (Wildman–Crippen MR) is 88.5 cm³/mol. The molecule has 2 atom stereocenters. The lowest BCUT2D eigenvalue weighted by molar-refractivity contribution is 0.0405. The van der Waals surface area contributed by atoms with Crippen LogP contribution in [-0.2, 0) is 14.8 Å². The van der Waals surface area contributed by atoms with Crippen LogP contribution in [0.2, 0.25) is 0 Å². The summed E-state index contributed by atoms with van der Waals surface area (Å²) in [6, 6.07) is 0.570. The Hall–Kier alpha value is -0.210. The zero-order valence-electron chi connectivity index (χ0n) is 14.1. The lowest BCUT2D eigenvalue weighted by Crippen LogP contribution is -2.44. The average molecular weight is 333 g/mol. The van der Waals surface area contributed by atoms with Gasteiger partial charge in [-0.05, 0) is 33.4 Å². The molecule has 2 rings (SSSR count). The van der Waals surface area contributed by atoms with Gasteiger partial charge < -0.3 is 9.64 Å². The number of hydrogen-bond acceptors (Lipinski definition) is 5. The number of hydrogen-bond donors (Lipinski definition) is 1. The first kappa shape index (κ1) is 18.1. The Kier molecular flexibility index (Phi) is 6.64. The summed E-state index contributed by atoms with van der Waals surface area (Å²) in [5, 5.41) is 0. The van der Waals surface area contributed by atoms with E-state index in [1.807, 2.05) is 6.92 Å². The Morgan fingerprint density at radius 2 is 1.91 bits per heavy atom. The van der Waals surface area contributed by atoms with Crippen LogP contribution in [0.4, 0.5) is 0 Å². The zero-order chi connectivity index (χ0) is 16.2. The van der Waals surface area contributed by atoms with E-state index >= 15 is 0 Å². The van der Waals surface area contributed by atoms with E-state index in [0.717, 1.165) is 45.7 Å². The van der Waals surface area contributed by atoms with E-state index in [2.05, 4.69) is 28.6 Å². The van der Waals surface area contributed by atoms with E-state index in [0.29, 0.717) is 18.4 Å². The second-order valence-electron chi connectivity index (χ2n) is 6.86. The van der Waals surface area contributed by atoms with Crippen LogP contribution in [0.5, 0.6) is 0 Å². The van der Waals surface area contributed by atoms with Crippen molar-refractivity contribution < 1.29 is 13.2 Å². The minimum absolute atomic E-state index is 0.0294. The number of rotatable bonds is 7. The first-order valence-corrected chi connectivity index (χ1v) is 10.0. The molecule has 0 aromatic carbocycles. The summed E-state index contributed by atoms with van der Waals surface area (Å²) in [5.74, 6) is 0.569. The first-order valence-electron chi connectivity index (χ1n) is 8.38. The molecule has 0 unspecified atom stereocenters. The first-order chi connectivity index (χ1) is 10.4. The standard InChI is InChI=1S/C15H31N3O3S/c1-4-9-22(19,20)16-15-12-18(11-13(15)10-17(2)3)14-5-7-21-8-6-14/h13-16H,4-12H2,1-3H3/t13-,15-/m1/s1. The molecular formula is C15H31N3O3S. The maximum Gasteiger partial charge on any atom is 0.211 e. The van der Waals surface area contributed by atoms with Crippen molar-refractivity contribution in [3.8, 4) is 0 Å². The van der Waals surface area contributed by atoms with Crippen LogP contribution < -0.4 is 4.72 Å². The highest BCUT2D eigenvalue weighted by Gasteiger charge is 2.38. The predicted octanol–water partition coefficient (Wildman–Crippen LogP) is 0.357. The maximum atomic E-state index is 12.1. The molecule has 2 fully saturated rings. The van der Waals surface area contributed by atoms with Gasteiger partial charge in [0.1, 0.15) is 0 Å². The summed E-state index contributed by atoms with van der Waals surface area (Å²) >= 11 is 0. The SMILES string of the molecule is CCCS(=O)(=O)N[C@@H]1CN(C2CCOCC2)C[C@H]1CN(C)C. The van der Waals surface area contributed by atoms with Crippen molar-refractivity contribution >= 4 is 10.0 Å². The van der Waals surface area contributed by atoms with Gasteiger partial charge in [0.2, 0.25) is 10.0 Å². The summed E-state index contributed by atoms with van der Waals surface area (Å²) in [6.45, 7) is 6.27. The van der Waals surface area contributed by atoms with Crippen LogP contribution in [0.25, 0.3) is 0 Å². The molecule has 0 aromatic heterocycles. The molecule has 2 heterocycles. The second-order valence-corrected chi connectivity index (χ2v) is 8.74. The van der Waals surface area contributed by atoms with Gasteiger partial charge >= 0.3 is 0 Å².